The second-order valence-electron chi connectivity index (χ2n) is 8.07. The molecule has 3 aliphatic carbocycles. The number of benzene rings is 1. The van der Waals surface area contributed by atoms with Crippen LogP contribution in [-0.4, -0.2) is 33.8 Å². The number of hydrogen-bond acceptors (Lipinski definition) is 5. The van der Waals surface area contributed by atoms with Crippen molar-refractivity contribution in [2.75, 3.05) is 6.61 Å². The van der Waals surface area contributed by atoms with Gasteiger partial charge in [0.15, 0.2) is 12.4 Å². The molecular formula is C21H21Cl2N3O3. The lowest BCUT2D eigenvalue weighted by atomic mass is 9.38. The van der Waals surface area contributed by atoms with E-state index in [0.29, 0.717) is 27.9 Å². The van der Waals surface area contributed by atoms with Gasteiger partial charge in [-0.1, -0.05) is 30.1 Å². The Morgan fingerprint density at radius 2 is 1.90 bits per heavy atom. The molecule has 2 bridgehead atoms. The maximum absolute atomic E-state index is 12.5. The Bertz CT molecular complexity index is 942. The van der Waals surface area contributed by atoms with Gasteiger partial charge in [0.2, 0.25) is 0 Å². The Kier molecular flexibility index (Phi) is 5.25. The number of ether oxygens (including phenoxy) is 1. The van der Waals surface area contributed by atoms with E-state index in [2.05, 4.69) is 15.3 Å². The van der Waals surface area contributed by atoms with Crippen LogP contribution in [0.15, 0.2) is 30.6 Å². The first-order valence-electron chi connectivity index (χ1n) is 9.55. The Morgan fingerprint density at radius 3 is 2.52 bits per heavy atom. The monoisotopic (exact) mass is 433 g/mol. The van der Waals surface area contributed by atoms with E-state index in [1.54, 1.807) is 30.6 Å². The van der Waals surface area contributed by atoms with Crippen molar-refractivity contribution in [3.63, 3.8) is 0 Å². The number of nitrogens with zero attached hydrogens (tertiary/aromatic N) is 2. The van der Waals surface area contributed by atoms with Crippen molar-refractivity contribution in [1.82, 2.24) is 15.3 Å². The second-order valence-corrected chi connectivity index (χ2v) is 8.88. The fraction of sp³-hybridized carbons (Fsp3) is 0.429. The standard InChI is InChI=1S/C21H21Cl2N3O3/c1-2-13-7-25-17(8-24-13)18(27)6-20-10-21(11-20,12-20)26-19(28)9-29-14-3-4-15(22)16(23)5-14/h3-5,7-8H,2,6,9-12H2,1H3,(H,26,28). The molecule has 2 aromatic rings. The molecule has 5 rings (SSSR count). The van der Waals surface area contributed by atoms with Crippen molar-refractivity contribution in [1.29, 1.82) is 0 Å². The Balaban J connectivity index is 1.23. The van der Waals surface area contributed by atoms with Gasteiger partial charge in [-0.05, 0) is 43.2 Å². The van der Waals surface area contributed by atoms with E-state index in [9.17, 15) is 9.59 Å². The lowest BCUT2D eigenvalue weighted by molar-refractivity contribution is -0.164. The molecule has 0 saturated heterocycles. The topological polar surface area (TPSA) is 81.2 Å². The van der Waals surface area contributed by atoms with E-state index >= 15 is 0 Å². The zero-order valence-electron chi connectivity index (χ0n) is 16.0. The molecule has 0 atom stereocenters. The number of amides is 1. The molecular weight excluding hydrogens is 413 g/mol. The number of ketones is 1. The van der Waals surface area contributed by atoms with Crippen LogP contribution < -0.4 is 10.1 Å². The number of halogens is 2. The van der Waals surface area contributed by atoms with Crippen LogP contribution in [0.4, 0.5) is 0 Å². The number of Topliss-reactive ketones (excluding diaryl/α,β-unsaturated/α-hetero) is 1. The minimum absolute atomic E-state index is 0.0139. The van der Waals surface area contributed by atoms with Gasteiger partial charge in [0.05, 0.1) is 21.9 Å². The van der Waals surface area contributed by atoms with Crippen molar-refractivity contribution >= 4 is 34.9 Å². The number of carbonyl (C=O) groups excluding carboxylic acids is 2. The summed E-state index contributed by atoms with van der Waals surface area (Å²) in [6, 6.07) is 4.87. The van der Waals surface area contributed by atoms with Gasteiger partial charge in [0, 0.05) is 24.2 Å². The predicted octanol–water partition coefficient (Wildman–Crippen LogP) is 4.04. The Hall–Kier alpha value is -2.18. The van der Waals surface area contributed by atoms with Crippen LogP contribution in [0.2, 0.25) is 10.0 Å². The summed E-state index contributed by atoms with van der Waals surface area (Å²) in [5.74, 6) is 0.323. The highest BCUT2D eigenvalue weighted by atomic mass is 35.5. The second kappa shape index (κ2) is 7.58. The quantitative estimate of drug-likeness (QED) is 0.635. The van der Waals surface area contributed by atoms with E-state index < -0.39 is 0 Å². The van der Waals surface area contributed by atoms with E-state index in [4.69, 9.17) is 27.9 Å². The number of carbonyl (C=O) groups is 2. The summed E-state index contributed by atoms with van der Waals surface area (Å²) in [5.41, 5.74) is 1.08. The molecule has 8 heteroatoms. The van der Waals surface area contributed by atoms with Gasteiger partial charge in [0.25, 0.3) is 5.91 Å². The summed E-state index contributed by atoms with van der Waals surface area (Å²) in [4.78, 5) is 33.2. The molecule has 29 heavy (non-hydrogen) atoms. The Labute approximate surface area is 179 Å². The summed E-state index contributed by atoms with van der Waals surface area (Å²) >= 11 is 11.8. The van der Waals surface area contributed by atoms with Crippen LogP contribution in [0, 0.1) is 5.41 Å². The fourth-order valence-corrected chi connectivity index (χ4v) is 4.77. The zero-order chi connectivity index (χ0) is 20.6. The third-order valence-corrected chi connectivity index (χ3v) is 6.43. The number of aromatic nitrogens is 2. The summed E-state index contributed by atoms with van der Waals surface area (Å²) in [6.07, 6.45) is 6.89. The van der Waals surface area contributed by atoms with Crippen LogP contribution in [0.1, 0.15) is 48.8 Å². The zero-order valence-corrected chi connectivity index (χ0v) is 17.5. The van der Waals surface area contributed by atoms with Crippen molar-refractivity contribution in [3.05, 3.63) is 52.0 Å². The number of hydrogen-bond donors (Lipinski definition) is 1. The minimum atomic E-state index is -0.198. The van der Waals surface area contributed by atoms with Gasteiger partial charge in [-0.25, -0.2) is 4.98 Å². The average Bonchev–Trinajstić information content (AvgIpc) is 2.66. The fourth-order valence-electron chi connectivity index (χ4n) is 4.48. The number of nitrogens with one attached hydrogen (secondary N) is 1. The number of aryl methyl sites for hydroxylation is 1. The van der Waals surface area contributed by atoms with E-state index in [0.717, 1.165) is 31.4 Å². The molecule has 3 aliphatic rings. The predicted molar refractivity (Wildman–Crippen MR) is 109 cm³/mol. The number of rotatable bonds is 8. The highest BCUT2D eigenvalue weighted by Gasteiger charge is 2.68. The first-order chi connectivity index (χ1) is 13.8. The minimum Gasteiger partial charge on any atom is -0.484 e. The largest absolute Gasteiger partial charge is 0.484 e. The summed E-state index contributed by atoms with van der Waals surface area (Å²) < 4.78 is 5.48. The van der Waals surface area contributed by atoms with E-state index in [-0.39, 0.29) is 29.3 Å². The molecule has 152 valence electrons. The third-order valence-electron chi connectivity index (χ3n) is 5.69. The van der Waals surface area contributed by atoms with Gasteiger partial charge < -0.3 is 10.1 Å². The third kappa shape index (κ3) is 4.09. The van der Waals surface area contributed by atoms with Gasteiger partial charge in [-0.2, -0.15) is 0 Å². The molecule has 0 radical (unpaired) electrons. The maximum atomic E-state index is 12.5. The molecule has 0 spiro atoms. The highest BCUT2D eigenvalue weighted by Crippen LogP contribution is 2.69. The van der Waals surface area contributed by atoms with Crippen LogP contribution in [0.3, 0.4) is 0 Å². The van der Waals surface area contributed by atoms with Crippen molar-refractivity contribution < 1.29 is 14.3 Å². The van der Waals surface area contributed by atoms with Crippen LogP contribution >= 0.6 is 23.2 Å². The normalized spacial score (nSPS) is 24.2. The molecule has 0 aliphatic heterocycles. The summed E-state index contributed by atoms with van der Waals surface area (Å²) in [6.45, 7) is 1.90. The first-order valence-corrected chi connectivity index (χ1v) is 10.3. The smallest absolute Gasteiger partial charge is 0.258 e. The summed E-state index contributed by atoms with van der Waals surface area (Å²) in [7, 11) is 0. The van der Waals surface area contributed by atoms with Crippen molar-refractivity contribution in [2.45, 2.75) is 44.6 Å². The van der Waals surface area contributed by atoms with Crippen molar-refractivity contribution in [2.24, 2.45) is 5.41 Å². The van der Waals surface area contributed by atoms with Gasteiger partial charge in [-0.3, -0.25) is 14.6 Å². The molecule has 1 aromatic heterocycles. The lowest BCUT2D eigenvalue weighted by Crippen LogP contribution is -2.75. The first kappa shape index (κ1) is 20.1. The molecule has 1 N–H and O–H groups in total. The molecule has 0 unspecified atom stereocenters. The van der Waals surface area contributed by atoms with Crippen molar-refractivity contribution in [3.8, 4) is 5.75 Å². The molecule has 1 amide bonds. The SMILES string of the molecule is CCc1cnc(C(=O)CC23CC(NC(=O)COc4ccc(Cl)c(Cl)c4)(C2)C3)cn1. The molecule has 3 saturated carbocycles. The average molecular weight is 434 g/mol. The van der Waals surface area contributed by atoms with Crippen LogP contribution in [-0.2, 0) is 11.2 Å². The maximum Gasteiger partial charge on any atom is 0.258 e. The van der Waals surface area contributed by atoms with E-state index in [1.807, 2.05) is 6.92 Å². The molecule has 1 heterocycles. The van der Waals surface area contributed by atoms with Gasteiger partial charge >= 0.3 is 0 Å². The highest BCUT2D eigenvalue weighted by molar-refractivity contribution is 6.42. The molecule has 1 aromatic carbocycles. The van der Waals surface area contributed by atoms with Crippen LogP contribution in [0.25, 0.3) is 0 Å². The van der Waals surface area contributed by atoms with Gasteiger partial charge in [0.1, 0.15) is 11.4 Å². The molecule has 3 fully saturated rings. The Morgan fingerprint density at radius 1 is 1.14 bits per heavy atom. The van der Waals surface area contributed by atoms with Gasteiger partial charge in [-0.15, -0.1) is 0 Å². The lowest BCUT2D eigenvalue weighted by Gasteiger charge is -2.70. The van der Waals surface area contributed by atoms with E-state index in [1.165, 1.54) is 0 Å². The summed E-state index contributed by atoms with van der Waals surface area (Å²) in [5, 5.41) is 3.86. The van der Waals surface area contributed by atoms with Crippen LogP contribution in [0.5, 0.6) is 5.75 Å². The molecule has 6 nitrogen and oxygen atoms in total.